The van der Waals surface area contributed by atoms with Gasteiger partial charge in [-0.2, -0.15) is 0 Å². The van der Waals surface area contributed by atoms with Gasteiger partial charge in [0.25, 0.3) is 0 Å². The van der Waals surface area contributed by atoms with E-state index in [1.165, 1.54) is 0 Å². The van der Waals surface area contributed by atoms with Crippen LogP contribution < -0.4 is 10.6 Å². The van der Waals surface area contributed by atoms with Gasteiger partial charge in [-0.3, -0.25) is 9.97 Å². The van der Waals surface area contributed by atoms with Crippen molar-refractivity contribution in [1.29, 1.82) is 0 Å². The molecular weight excluding hydrogens is 224 g/mol. The fourth-order valence-electron chi connectivity index (χ4n) is 3.14. The van der Waals surface area contributed by atoms with E-state index >= 15 is 0 Å². The molecule has 0 amide bonds. The van der Waals surface area contributed by atoms with Gasteiger partial charge in [-0.25, -0.2) is 0 Å². The van der Waals surface area contributed by atoms with Gasteiger partial charge in [-0.1, -0.05) is 0 Å². The maximum Gasteiger partial charge on any atom is 0.0724 e. The summed E-state index contributed by atoms with van der Waals surface area (Å²) in [6.45, 7) is 9.87. The molecule has 0 aliphatic carbocycles. The van der Waals surface area contributed by atoms with Gasteiger partial charge in [-0.05, 0) is 40.5 Å². The topological polar surface area (TPSA) is 49.8 Å². The average Bonchev–Trinajstić information content (AvgIpc) is 2.24. The number of aromatic nitrogens is 2. The molecule has 2 rings (SSSR count). The van der Waals surface area contributed by atoms with Gasteiger partial charge in [0.15, 0.2) is 0 Å². The van der Waals surface area contributed by atoms with E-state index in [1.807, 2.05) is 6.20 Å². The largest absolute Gasteiger partial charge is 0.308 e. The van der Waals surface area contributed by atoms with Gasteiger partial charge < -0.3 is 10.6 Å². The molecule has 100 valence electrons. The monoisotopic (exact) mass is 248 g/mol. The summed E-state index contributed by atoms with van der Waals surface area (Å²) in [5.41, 5.74) is 1.37. The van der Waals surface area contributed by atoms with Crippen molar-refractivity contribution in [1.82, 2.24) is 20.6 Å². The van der Waals surface area contributed by atoms with Crippen molar-refractivity contribution in [2.75, 3.05) is 0 Å². The third-order valence-electron chi connectivity index (χ3n) is 3.38. The molecule has 0 spiro atoms. The van der Waals surface area contributed by atoms with Crippen LogP contribution in [0.5, 0.6) is 0 Å². The van der Waals surface area contributed by atoms with Gasteiger partial charge in [0.05, 0.1) is 5.69 Å². The minimum Gasteiger partial charge on any atom is -0.308 e. The van der Waals surface area contributed by atoms with Crippen molar-refractivity contribution in [2.24, 2.45) is 0 Å². The van der Waals surface area contributed by atoms with Gasteiger partial charge >= 0.3 is 0 Å². The Balaban J connectivity index is 1.93. The maximum atomic E-state index is 4.30. The summed E-state index contributed by atoms with van der Waals surface area (Å²) < 4.78 is 0. The third-order valence-corrected chi connectivity index (χ3v) is 3.38. The molecule has 0 saturated carbocycles. The molecule has 1 aliphatic heterocycles. The van der Waals surface area contributed by atoms with Gasteiger partial charge in [-0.15, -0.1) is 0 Å². The van der Waals surface area contributed by atoms with Gasteiger partial charge in [0.2, 0.25) is 0 Å². The third kappa shape index (κ3) is 3.75. The second-order valence-corrected chi connectivity index (χ2v) is 6.58. The second-order valence-electron chi connectivity index (χ2n) is 6.58. The highest BCUT2D eigenvalue weighted by Gasteiger charge is 2.37. The molecule has 0 bridgehead atoms. The zero-order valence-corrected chi connectivity index (χ0v) is 11.8. The van der Waals surface area contributed by atoms with E-state index in [1.54, 1.807) is 12.4 Å². The van der Waals surface area contributed by atoms with Crippen LogP contribution in [-0.2, 0) is 6.54 Å². The van der Waals surface area contributed by atoms with Crippen molar-refractivity contribution < 1.29 is 0 Å². The SMILES string of the molecule is CC1(C)CC(NCc2cnccn2)CC(C)(C)N1. The summed E-state index contributed by atoms with van der Waals surface area (Å²) in [6.07, 6.45) is 7.55. The van der Waals surface area contributed by atoms with Crippen molar-refractivity contribution in [3.63, 3.8) is 0 Å². The molecule has 1 aromatic heterocycles. The molecule has 0 unspecified atom stereocenters. The van der Waals surface area contributed by atoms with Crippen LogP contribution in [0, 0.1) is 0 Å². The number of nitrogens with one attached hydrogen (secondary N) is 2. The van der Waals surface area contributed by atoms with Gasteiger partial charge in [0, 0.05) is 42.3 Å². The van der Waals surface area contributed by atoms with Crippen LogP contribution in [0.3, 0.4) is 0 Å². The molecule has 18 heavy (non-hydrogen) atoms. The summed E-state index contributed by atoms with van der Waals surface area (Å²) in [5, 5.41) is 7.30. The summed E-state index contributed by atoms with van der Waals surface area (Å²) in [7, 11) is 0. The van der Waals surface area contributed by atoms with E-state index in [2.05, 4.69) is 48.3 Å². The van der Waals surface area contributed by atoms with Gasteiger partial charge in [0.1, 0.15) is 0 Å². The molecule has 4 nitrogen and oxygen atoms in total. The quantitative estimate of drug-likeness (QED) is 0.857. The van der Waals surface area contributed by atoms with Crippen molar-refractivity contribution in [2.45, 2.75) is 64.2 Å². The summed E-state index contributed by atoms with van der Waals surface area (Å²) in [4.78, 5) is 8.39. The van der Waals surface area contributed by atoms with E-state index in [9.17, 15) is 0 Å². The normalized spacial score (nSPS) is 22.9. The standard InChI is InChI=1S/C14H24N4/c1-13(2)7-11(8-14(3,4)18-13)17-10-12-9-15-5-6-16-12/h5-6,9,11,17-18H,7-8,10H2,1-4H3. The number of hydrogen-bond donors (Lipinski definition) is 2. The van der Waals surface area contributed by atoms with E-state index in [-0.39, 0.29) is 11.1 Å². The van der Waals surface area contributed by atoms with Crippen molar-refractivity contribution in [3.8, 4) is 0 Å². The van der Waals surface area contributed by atoms with E-state index in [0.717, 1.165) is 25.1 Å². The first-order valence-electron chi connectivity index (χ1n) is 6.64. The zero-order chi connectivity index (χ0) is 13.2. The van der Waals surface area contributed by atoms with E-state index in [4.69, 9.17) is 0 Å². The minimum absolute atomic E-state index is 0.182. The lowest BCUT2D eigenvalue weighted by molar-refractivity contribution is 0.145. The van der Waals surface area contributed by atoms with Crippen LogP contribution in [0.2, 0.25) is 0 Å². The molecule has 1 aromatic rings. The Morgan fingerprint density at radius 3 is 2.44 bits per heavy atom. The molecule has 2 N–H and O–H groups in total. The average molecular weight is 248 g/mol. The highest BCUT2D eigenvalue weighted by molar-refractivity contribution is 5.01. The summed E-state index contributed by atoms with van der Waals surface area (Å²) in [6, 6.07) is 0.526. The Labute approximate surface area is 110 Å². The number of hydrogen-bond acceptors (Lipinski definition) is 4. The fourth-order valence-corrected chi connectivity index (χ4v) is 3.14. The zero-order valence-electron chi connectivity index (χ0n) is 11.8. The first-order valence-corrected chi connectivity index (χ1v) is 6.64. The Morgan fingerprint density at radius 1 is 1.22 bits per heavy atom. The Morgan fingerprint density at radius 2 is 1.89 bits per heavy atom. The van der Waals surface area contributed by atoms with Crippen LogP contribution in [0.4, 0.5) is 0 Å². The van der Waals surface area contributed by atoms with E-state index < -0.39 is 0 Å². The van der Waals surface area contributed by atoms with Crippen LogP contribution in [0.25, 0.3) is 0 Å². The second kappa shape index (κ2) is 4.94. The summed E-state index contributed by atoms with van der Waals surface area (Å²) >= 11 is 0. The van der Waals surface area contributed by atoms with Crippen LogP contribution in [-0.4, -0.2) is 27.1 Å². The van der Waals surface area contributed by atoms with Crippen LogP contribution in [0.15, 0.2) is 18.6 Å². The predicted molar refractivity (Wildman–Crippen MR) is 73.2 cm³/mol. The van der Waals surface area contributed by atoms with Crippen molar-refractivity contribution in [3.05, 3.63) is 24.3 Å². The van der Waals surface area contributed by atoms with Crippen LogP contribution >= 0.6 is 0 Å². The Kier molecular flexibility index (Phi) is 3.69. The molecule has 0 radical (unpaired) electrons. The lowest BCUT2D eigenvalue weighted by atomic mass is 9.79. The molecule has 1 saturated heterocycles. The fraction of sp³-hybridized carbons (Fsp3) is 0.714. The van der Waals surface area contributed by atoms with Crippen molar-refractivity contribution >= 4 is 0 Å². The molecule has 2 heterocycles. The molecule has 1 fully saturated rings. The van der Waals surface area contributed by atoms with Crippen LogP contribution in [0.1, 0.15) is 46.2 Å². The molecular formula is C14H24N4. The lowest BCUT2D eigenvalue weighted by Gasteiger charge is -2.46. The molecule has 4 heteroatoms. The highest BCUT2D eigenvalue weighted by atomic mass is 15.1. The lowest BCUT2D eigenvalue weighted by Crippen LogP contribution is -2.61. The Hall–Kier alpha value is -1.00. The predicted octanol–water partition coefficient (Wildman–Crippen LogP) is 1.88. The minimum atomic E-state index is 0.182. The smallest absolute Gasteiger partial charge is 0.0724 e. The first-order chi connectivity index (χ1) is 8.36. The maximum absolute atomic E-state index is 4.30. The number of piperidine rings is 1. The number of rotatable bonds is 3. The van der Waals surface area contributed by atoms with E-state index in [0.29, 0.717) is 6.04 Å². The summed E-state index contributed by atoms with van der Waals surface area (Å²) in [5.74, 6) is 0. The number of nitrogens with zero attached hydrogens (tertiary/aromatic N) is 2. The molecule has 1 aliphatic rings. The molecule has 0 atom stereocenters. The Bertz CT molecular complexity index is 370. The first kappa shape index (κ1) is 13.4. The molecule has 0 aromatic carbocycles. The highest BCUT2D eigenvalue weighted by Crippen LogP contribution is 2.28.